The number of fused-ring (bicyclic) bond motifs is 2. The number of anilines is 1. The quantitative estimate of drug-likeness (QED) is 0.371. The van der Waals surface area contributed by atoms with Crippen LogP contribution in [0.2, 0.25) is 0 Å². The number of benzene rings is 2. The van der Waals surface area contributed by atoms with Gasteiger partial charge in [0.25, 0.3) is 0 Å². The van der Waals surface area contributed by atoms with E-state index in [4.69, 9.17) is 20.4 Å². The summed E-state index contributed by atoms with van der Waals surface area (Å²) < 4.78 is 7.71. The van der Waals surface area contributed by atoms with Gasteiger partial charge in [0.1, 0.15) is 22.9 Å². The zero-order chi connectivity index (χ0) is 23.1. The Morgan fingerprint density at radius 1 is 0.912 bits per heavy atom. The number of imidazole rings is 1. The van der Waals surface area contributed by atoms with Crippen LogP contribution in [0.15, 0.2) is 73.1 Å². The number of rotatable bonds is 4. The third kappa shape index (κ3) is 3.60. The van der Waals surface area contributed by atoms with E-state index in [1.807, 2.05) is 24.4 Å². The molecule has 3 aromatic heterocycles. The molecule has 170 valence electrons. The number of nitrogens with two attached hydrogens (primary N) is 1. The van der Waals surface area contributed by atoms with E-state index in [0.717, 1.165) is 70.4 Å². The van der Waals surface area contributed by atoms with E-state index in [1.54, 1.807) is 13.3 Å². The topological polar surface area (TPSA) is 78.3 Å². The molecular formula is C28H27N5O. The molecule has 0 amide bonds. The number of hydrogen-bond donors (Lipinski definition) is 1. The van der Waals surface area contributed by atoms with Crippen LogP contribution in [0.5, 0.6) is 0 Å². The van der Waals surface area contributed by atoms with Crippen LogP contribution < -0.4 is 5.73 Å². The number of ether oxygens (including phenoxy) is 1. The van der Waals surface area contributed by atoms with Crippen LogP contribution in [0.1, 0.15) is 37.4 Å². The first kappa shape index (κ1) is 20.8. The van der Waals surface area contributed by atoms with Crippen LogP contribution in [-0.2, 0) is 4.74 Å². The second-order valence-electron chi connectivity index (χ2n) is 9.03. The number of aromatic nitrogens is 4. The Labute approximate surface area is 198 Å². The van der Waals surface area contributed by atoms with E-state index < -0.39 is 0 Å². The van der Waals surface area contributed by atoms with Gasteiger partial charge in [0.15, 0.2) is 0 Å². The lowest BCUT2D eigenvalue weighted by Gasteiger charge is -2.26. The van der Waals surface area contributed by atoms with Crippen molar-refractivity contribution in [1.82, 2.24) is 19.4 Å². The molecule has 34 heavy (non-hydrogen) atoms. The average molecular weight is 450 g/mol. The van der Waals surface area contributed by atoms with E-state index in [9.17, 15) is 0 Å². The van der Waals surface area contributed by atoms with Crippen molar-refractivity contribution < 1.29 is 4.74 Å². The predicted molar refractivity (Wildman–Crippen MR) is 136 cm³/mol. The van der Waals surface area contributed by atoms with E-state index in [2.05, 4.69) is 51.8 Å². The van der Waals surface area contributed by atoms with Gasteiger partial charge in [-0.2, -0.15) is 0 Å². The number of methoxy groups -OCH3 is 1. The second-order valence-corrected chi connectivity index (χ2v) is 9.03. The number of hydrogen-bond acceptors (Lipinski definition) is 5. The number of nitrogens with zero attached hydrogens (tertiary/aromatic N) is 4. The molecule has 2 N–H and O–H groups in total. The molecule has 0 saturated heterocycles. The second kappa shape index (κ2) is 8.54. The third-order valence-corrected chi connectivity index (χ3v) is 7.02. The van der Waals surface area contributed by atoms with Crippen LogP contribution in [0.3, 0.4) is 0 Å². The molecule has 5 aromatic rings. The molecule has 0 bridgehead atoms. The van der Waals surface area contributed by atoms with Gasteiger partial charge >= 0.3 is 0 Å². The van der Waals surface area contributed by atoms with Crippen molar-refractivity contribution in [3.8, 4) is 22.5 Å². The van der Waals surface area contributed by atoms with Crippen molar-refractivity contribution >= 4 is 22.2 Å². The normalized spacial score (nSPS) is 18.5. The fourth-order valence-electron chi connectivity index (χ4n) is 5.17. The van der Waals surface area contributed by atoms with Gasteiger partial charge < -0.3 is 10.5 Å². The first-order valence-electron chi connectivity index (χ1n) is 11.8. The highest BCUT2D eigenvalue weighted by Gasteiger charge is 2.27. The van der Waals surface area contributed by atoms with Crippen molar-refractivity contribution in [3.63, 3.8) is 0 Å². The first-order chi connectivity index (χ1) is 16.7. The highest BCUT2D eigenvalue weighted by molar-refractivity contribution is 5.91. The van der Waals surface area contributed by atoms with Crippen LogP contribution in [0, 0.1) is 0 Å². The highest BCUT2D eigenvalue weighted by atomic mass is 16.5. The van der Waals surface area contributed by atoms with E-state index in [0.29, 0.717) is 17.8 Å². The lowest BCUT2D eigenvalue weighted by atomic mass is 9.87. The molecule has 1 fully saturated rings. The van der Waals surface area contributed by atoms with Crippen molar-refractivity contribution in [2.45, 2.75) is 37.7 Å². The fourth-order valence-corrected chi connectivity index (χ4v) is 5.17. The fraction of sp³-hybridized carbons (Fsp3) is 0.250. The number of pyridine rings is 1. The lowest BCUT2D eigenvalue weighted by molar-refractivity contribution is 0.0650. The van der Waals surface area contributed by atoms with E-state index in [-0.39, 0.29) is 0 Å². The largest absolute Gasteiger partial charge is 0.382 e. The molecule has 1 aliphatic carbocycles. The molecule has 1 aliphatic rings. The molecule has 6 nitrogen and oxygen atoms in total. The molecule has 0 radical (unpaired) electrons. The zero-order valence-corrected chi connectivity index (χ0v) is 19.2. The maximum Gasteiger partial charge on any atom is 0.150 e. The van der Waals surface area contributed by atoms with Crippen molar-refractivity contribution in [2.75, 3.05) is 12.8 Å². The molecule has 2 aromatic carbocycles. The summed E-state index contributed by atoms with van der Waals surface area (Å²) in [5.74, 6) is 1.92. The van der Waals surface area contributed by atoms with Crippen molar-refractivity contribution in [1.29, 1.82) is 0 Å². The van der Waals surface area contributed by atoms with Crippen LogP contribution in [0.4, 0.5) is 5.82 Å². The van der Waals surface area contributed by atoms with Gasteiger partial charge in [-0.05, 0) is 37.8 Å². The Bertz CT molecular complexity index is 1470. The maximum atomic E-state index is 6.39. The van der Waals surface area contributed by atoms with Crippen LogP contribution in [0.25, 0.3) is 38.9 Å². The Morgan fingerprint density at radius 3 is 2.50 bits per heavy atom. The summed E-state index contributed by atoms with van der Waals surface area (Å²) in [7, 11) is 1.80. The molecule has 6 rings (SSSR count). The standard InChI is InChI=1S/C28H27N5O/c1-34-22-12-9-20(10-13-22)28-32-25(26-27(29)30-15-16-33(26)28)21-8-7-19-11-14-23(31-24(19)17-21)18-5-3-2-4-6-18/h2-8,11,14-17,20,22H,9-10,12-13H2,1H3,(H2,29,30). The molecule has 6 heteroatoms. The SMILES string of the molecule is COC1CCC(c2nc(-c3ccc4ccc(-c5ccccc5)nc4c3)c3c(N)nccn23)CC1. The minimum absolute atomic E-state index is 0.346. The molecule has 3 heterocycles. The van der Waals surface area contributed by atoms with Gasteiger partial charge in [0.05, 0.1) is 17.3 Å². The average Bonchev–Trinajstić information content (AvgIpc) is 3.30. The van der Waals surface area contributed by atoms with E-state index in [1.165, 1.54) is 0 Å². The number of nitrogen functional groups attached to an aromatic ring is 1. The van der Waals surface area contributed by atoms with Gasteiger partial charge in [-0.25, -0.2) is 15.0 Å². The molecular weight excluding hydrogens is 422 g/mol. The summed E-state index contributed by atoms with van der Waals surface area (Å²) >= 11 is 0. The predicted octanol–water partition coefficient (Wildman–Crippen LogP) is 5.87. The van der Waals surface area contributed by atoms with Crippen molar-refractivity contribution in [3.05, 3.63) is 78.9 Å². The minimum atomic E-state index is 0.346. The zero-order valence-electron chi connectivity index (χ0n) is 19.2. The van der Waals surface area contributed by atoms with Gasteiger partial charge in [-0.1, -0.05) is 48.5 Å². The third-order valence-electron chi connectivity index (χ3n) is 7.02. The summed E-state index contributed by atoms with van der Waals surface area (Å²) in [5, 5.41) is 1.09. The monoisotopic (exact) mass is 449 g/mol. The summed E-state index contributed by atoms with van der Waals surface area (Å²) in [5.41, 5.74) is 12.1. The Balaban J connectivity index is 1.46. The van der Waals surface area contributed by atoms with Gasteiger partial charge in [0, 0.05) is 41.9 Å². The summed E-state index contributed by atoms with van der Waals surface area (Å²) in [6.45, 7) is 0. The molecule has 0 aliphatic heterocycles. The van der Waals surface area contributed by atoms with Gasteiger partial charge in [-0.15, -0.1) is 0 Å². The summed E-state index contributed by atoms with van der Waals surface area (Å²) in [4.78, 5) is 14.5. The lowest BCUT2D eigenvalue weighted by Crippen LogP contribution is -2.20. The van der Waals surface area contributed by atoms with Gasteiger partial charge in [0.2, 0.25) is 0 Å². The first-order valence-corrected chi connectivity index (χ1v) is 11.8. The Kier molecular flexibility index (Phi) is 5.23. The van der Waals surface area contributed by atoms with Gasteiger partial charge in [-0.3, -0.25) is 4.40 Å². The molecule has 0 spiro atoms. The maximum absolute atomic E-state index is 6.39. The Hall–Kier alpha value is -3.77. The summed E-state index contributed by atoms with van der Waals surface area (Å²) in [6.07, 6.45) is 8.29. The highest BCUT2D eigenvalue weighted by Crippen LogP contribution is 2.38. The van der Waals surface area contributed by atoms with Crippen LogP contribution >= 0.6 is 0 Å². The minimum Gasteiger partial charge on any atom is -0.382 e. The molecule has 0 unspecified atom stereocenters. The van der Waals surface area contributed by atoms with E-state index >= 15 is 0 Å². The molecule has 0 atom stereocenters. The van der Waals surface area contributed by atoms with Crippen molar-refractivity contribution in [2.24, 2.45) is 0 Å². The smallest absolute Gasteiger partial charge is 0.150 e. The Morgan fingerprint density at radius 2 is 1.71 bits per heavy atom. The molecule has 1 saturated carbocycles. The summed E-state index contributed by atoms with van der Waals surface area (Å²) in [6, 6.07) is 20.8. The van der Waals surface area contributed by atoms with Crippen LogP contribution in [-0.4, -0.2) is 32.6 Å².